The molecule has 6 heteroatoms. The van der Waals surface area contributed by atoms with Crippen LogP contribution in [0.4, 0.5) is 5.69 Å². The molecule has 1 saturated heterocycles. The molecule has 0 atom stereocenters. The molecule has 0 aliphatic carbocycles. The first kappa shape index (κ1) is 19.9. The van der Waals surface area contributed by atoms with E-state index in [1.165, 1.54) is 17.5 Å². The van der Waals surface area contributed by atoms with Crippen molar-refractivity contribution in [1.29, 1.82) is 0 Å². The predicted octanol–water partition coefficient (Wildman–Crippen LogP) is 4.51. The molecule has 0 bridgehead atoms. The Morgan fingerprint density at radius 3 is 2.41 bits per heavy atom. The molecule has 0 saturated carbocycles. The molecule has 0 unspecified atom stereocenters. The second kappa shape index (κ2) is 9.42. The van der Waals surface area contributed by atoms with Gasteiger partial charge < -0.3 is 4.90 Å². The summed E-state index contributed by atoms with van der Waals surface area (Å²) in [7, 11) is 0. The summed E-state index contributed by atoms with van der Waals surface area (Å²) in [5.74, 6) is 0. The highest BCUT2D eigenvalue weighted by Crippen LogP contribution is 2.26. The fraction of sp³-hybridized carbons (Fsp3) is 0.391. The first-order valence-electron chi connectivity index (χ1n) is 10.4. The van der Waals surface area contributed by atoms with Crippen LogP contribution in [0.3, 0.4) is 0 Å². The summed E-state index contributed by atoms with van der Waals surface area (Å²) in [4.78, 5) is 4.94. The Hall–Kier alpha value is -2.37. The Morgan fingerprint density at radius 2 is 1.62 bits per heavy atom. The lowest BCUT2D eigenvalue weighted by Crippen LogP contribution is -2.46. The molecule has 2 heterocycles. The van der Waals surface area contributed by atoms with Gasteiger partial charge in [0, 0.05) is 38.3 Å². The van der Waals surface area contributed by atoms with E-state index in [9.17, 15) is 0 Å². The molecule has 0 spiro atoms. The average molecular weight is 410 g/mol. The van der Waals surface area contributed by atoms with Crippen LogP contribution in [0.25, 0.3) is 11.3 Å². The van der Waals surface area contributed by atoms with Gasteiger partial charge in [-0.1, -0.05) is 53.2 Å². The van der Waals surface area contributed by atoms with Crippen molar-refractivity contribution in [1.82, 2.24) is 19.9 Å². The van der Waals surface area contributed by atoms with Gasteiger partial charge in [-0.3, -0.25) is 4.90 Å². The lowest BCUT2D eigenvalue weighted by molar-refractivity contribution is 0.251. The lowest BCUT2D eigenvalue weighted by Gasteiger charge is -2.36. The van der Waals surface area contributed by atoms with Crippen LogP contribution in [0.5, 0.6) is 0 Å². The average Bonchev–Trinajstić information content (AvgIpc) is 3.21. The van der Waals surface area contributed by atoms with Gasteiger partial charge in [0.1, 0.15) is 0 Å². The third-order valence-electron chi connectivity index (χ3n) is 5.70. The maximum atomic E-state index is 6.34. The standard InChI is InChI=1S/C23H28ClN5/c1-19-8-2-3-9-20(19)23-18-25-26-29(23)13-7-6-12-27-14-16-28(17-15-27)22-11-5-4-10-21(22)24/h2-5,8-11,18H,6-7,12-17H2,1H3. The highest BCUT2D eigenvalue weighted by atomic mass is 35.5. The van der Waals surface area contributed by atoms with Crippen LogP contribution >= 0.6 is 11.6 Å². The van der Waals surface area contributed by atoms with Gasteiger partial charge in [-0.2, -0.15) is 0 Å². The first-order valence-corrected chi connectivity index (χ1v) is 10.8. The van der Waals surface area contributed by atoms with Gasteiger partial charge in [0.05, 0.1) is 22.6 Å². The number of hydrogen-bond donors (Lipinski definition) is 0. The van der Waals surface area contributed by atoms with E-state index in [1.54, 1.807) is 0 Å². The molecule has 1 aromatic heterocycles. The summed E-state index contributed by atoms with van der Waals surface area (Å²) in [5.41, 5.74) is 4.74. The molecule has 1 fully saturated rings. The second-order valence-corrected chi connectivity index (χ2v) is 8.05. The summed E-state index contributed by atoms with van der Waals surface area (Å²) in [5, 5.41) is 9.29. The summed E-state index contributed by atoms with van der Waals surface area (Å²) < 4.78 is 2.04. The third-order valence-corrected chi connectivity index (χ3v) is 6.02. The summed E-state index contributed by atoms with van der Waals surface area (Å²) >= 11 is 6.34. The Balaban J connectivity index is 1.23. The van der Waals surface area contributed by atoms with Gasteiger partial charge in [0.2, 0.25) is 0 Å². The number of anilines is 1. The molecule has 5 nitrogen and oxygen atoms in total. The maximum Gasteiger partial charge on any atom is 0.0888 e. The van der Waals surface area contributed by atoms with Crippen molar-refractivity contribution in [2.45, 2.75) is 26.3 Å². The summed E-state index contributed by atoms with van der Waals surface area (Å²) in [6.45, 7) is 8.41. The molecule has 0 N–H and O–H groups in total. The van der Waals surface area contributed by atoms with Crippen molar-refractivity contribution in [3.05, 3.63) is 65.3 Å². The minimum absolute atomic E-state index is 0.846. The molecule has 0 radical (unpaired) electrons. The van der Waals surface area contributed by atoms with Gasteiger partial charge >= 0.3 is 0 Å². The predicted molar refractivity (Wildman–Crippen MR) is 120 cm³/mol. The molecule has 29 heavy (non-hydrogen) atoms. The van der Waals surface area contributed by atoms with Gasteiger partial charge in [-0.15, -0.1) is 5.10 Å². The van der Waals surface area contributed by atoms with Crippen LogP contribution < -0.4 is 4.90 Å². The molecule has 2 aromatic carbocycles. The fourth-order valence-electron chi connectivity index (χ4n) is 4.01. The van der Waals surface area contributed by atoms with Crippen LogP contribution in [-0.2, 0) is 6.54 Å². The quantitative estimate of drug-likeness (QED) is 0.538. The van der Waals surface area contributed by atoms with E-state index in [4.69, 9.17) is 11.6 Å². The van der Waals surface area contributed by atoms with Gasteiger partial charge in [0.25, 0.3) is 0 Å². The largest absolute Gasteiger partial charge is 0.368 e. The number of unbranched alkanes of at least 4 members (excludes halogenated alkanes) is 1. The number of hydrogen-bond acceptors (Lipinski definition) is 4. The van der Waals surface area contributed by atoms with Crippen molar-refractivity contribution in [2.24, 2.45) is 0 Å². The van der Waals surface area contributed by atoms with Crippen LogP contribution in [0.2, 0.25) is 5.02 Å². The normalized spacial score (nSPS) is 15.0. The molecule has 0 amide bonds. The number of aryl methyl sites for hydroxylation is 2. The van der Waals surface area contributed by atoms with Crippen LogP contribution in [-0.4, -0.2) is 52.6 Å². The van der Waals surface area contributed by atoms with Crippen molar-refractivity contribution in [2.75, 3.05) is 37.6 Å². The number of rotatable bonds is 7. The third kappa shape index (κ3) is 4.80. The Bertz CT molecular complexity index is 930. The number of nitrogens with zero attached hydrogens (tertiary/aromatic N) is 5. The van der Waals surface area contributed by atoms with Crippen LogP contribution in [0.15, 0.2) is 54.7 Å². The van der Waals surface area contributed by atoms with Crippen molar-refractivity contribution in [3.63, 3.8) is 0 Å². The van der Waals surface area contributed by atoms with E-state index < -0.39 is 0 Å². The Labute approximate surface area is 177 Å². The van der Waals surface area contributed by atoms with E-state index in [0.29, 0.717) is 0 Å². The fourth-order valence-corrected chi connectivity index (χ4v) is 4.26. The highest BCUT2D eigenvalue weighted by molar-refractivity contribution is 6.33. The van der Waals surface area contributed by atoms with Crippen molar-refractivity contribution < 1.29 is 0 Å². The van der Waals surface area contributed by atoms with E-state index in [2.05, 4.69) is 63.4 Å². The monoisotopic (exact) mass is 409 g/mol. The van der Waals surface area contributed by atoms with Gasteiger partial charge in [-0.05, 0) is 44.0 Å². The minimum atomic E-state index is 0.846. The topological polar surface area (TPSA) is 37.2 Å². The molecule has 1 aliphatic heterocycles. The lowest BCUT2D eigenvalue weighted by atomic mass is 10.1. The Kier molecular flexibility index (Phi) is 6.47. The maximum absolute atomic E-state index is 6.34. The molecular weight excluding hydrogens is 382 g/mol. The van der Waals surface area contributed by atoms with Gasteiger partial charge in [0.15, 0.2) is 0 Å². The first-order chi connectivity index (χ1) is 14.2. The zero-order valence-electron chi connectivity index (χ0n) is 17.0. The molecule has 4 rings (SSSR count). The Morgan fingerprint density at radius 1 is 0.897 bits per heavy atom. The number of halogens is 1. The zero-order valence-corrected chi connectivity index (χ0v) is 17.7. The highest BCUT2D eigenvalue weighted by Gasteiger charge is 2.18. The van der Waals surface area contributed by atoms with E-state index in [-0.39, 0.29) is 0 Å². The molecule has 3 aromatic rings. The van der Waals surface area contributed by atoms with Crippen LogP contribution in [0.1, 0.15) is 18.4 Å². The second-order valence-electron chi connectivity index (χ2n) is 7.64. The van der Waals surface area contributed by atoms with E-state index in [0.717, 1.165) is 62.1 Å². The molecule has 1 aliphatic rings. The summed E-state index contributed by atoms with van der Waals surface area (Å²) in [6, 6.07) is 16.5. The van der Waals surface area contributed by atoms with E-state index in [1.807, 2.05) is 23.0 Å². The molecule has 152 valence electrons. The molecular formula is C23H28ClN5. The number of benzene rings is 2. The number of piperazine rings is 1. The SMILES string of the molecule is Cc1ccccc1-c1cnnn1CCCCN1CCN(c2ccccc2Cl)CC1. The minimum Gasteiger partial charge on any atom is -0.368 e. The van der Waals surface area contributed by atoms with Gasteiger partial charge in [-0.25, -0.2) is 4.68 Å². The number of aromatic nitrogens is 3. The smallest absolute Gasteiger partial charge is 0.0888 e. The van der Waals surface area contributed by atoms with Crippen LogP contribution in [0, 0.1) is 6.92 Å². The number of para-hydroxylation sites is 1. The zero-order chi connectivity index (χ0) is 20.1. The van der Waals surface area contributed by atoms with Crippen molar-refractivity contribution >= 4 is 17.3 Å². The summed E-state index contributed by atoms with van der Waals surface area (Å²) in [6.07, 6.45) is 4.14. The van der Waals surface area contributed by atoms with Crippen molar-refractivity contribution in [3.8, 4) is 11.3 Å². The van der Waals surface area contributed by atoms with E-state index >= 15 is 0 Å².